The van der Waals surface area contributed by atoms with E-state index in [-0.39, 0.29) is 0 Å². The number of anilines is 6. The van der Waals surface area contributed by atoms with Crippen LogP contribution >= 0.6 is 0 Å². The van der Waals surface area contributed by atoms with E-state index in [1.807, 2.05) is 12.3 Å². The number of fused-ring (bicyclic) bond motifs is 1. The summed E-state index contributed by atoms with van der Waals surface area (Å²) in [5.41, 5.74) is 8.15. The fourth-order valence-corrected chi connectivity index (χ4v) is 7.52. The quantitative estimate of drug-likeness (QED) is 0.174. The highest BCUT2D eigenvalue weighted by Crippen LogP contribution is 2.49. The fraction of sp³-hybridized carbons (Fsp3) is 0.0444. The third-order valence-electron chi connectivity index (χ3n) is 9.67. The average molecular weight is 616 g/mol. The number of para-hydroxylation sites is 2. The molecule has 0 amide bonds. The minimum Gasteiger partial charge on any atom is -0.309 e. The van der Waals surface area contributed by atoms with Gasteiger partial charge in [0.05, 0.1) is 17.1 Å². The molecule has 3 heteroatoms. The van der Waals surface area contributed by atoms with Gasteiger partial charge in [0.15, 0.2) is 0 Å². The Hall–Kier alpha value is -6.19. The Bertz CT molecular complexity index is 2530. The summed E-state index contributed by atoms with van der Waals surface area (Å²) in [5, 5.41) is 10.0. The molecular weight excluding hydrogens is 583 g/mol. The standard InChI is InChI=1S/C45H33N3/c1-30-28-41(47(33-16-5-3-6-17-33)40-21-13-15-32-14-9-10-20-37(32)40)38-25-23-36-31(2)29-42(39-26-24-35(30)44(38)45(36)39)48(34-18-7-4-8-19-34)43-22-11-12-27-46-43/h3-29H,1-2H3. The van der Waals surface area contributed by atoms with Gasteiger partial charge in [-0.2, -0.15) is 0 Å². The van der Waals surface area contributed by atoms with Gasteiger partial charge in [-0.1, -0.05) is 103 Å². The maximum atomic E-state index is 4.83. The van der Waals surface area contributed by atoms with Crippen molar-refractivity contribution in [2.24, 2.45) is 0 Å². The molecule has 0 aliphatic rings. The van der Waals surface area contributed by atoms with Crippen molar-refractivity contribution in [1.29, 1.82) is 0 Å². The van der Waals surface area contributed by atoms with Crippen molar-refractivity contribution >= 4 is 77.3 Å². The first kappa shape index (κ1) is 28.1. The van der Waals surface area contributed by atoms with Crippen molar-refractivity contribution in [2.75, 3.05) is 9.80 Å². The first-order valence-electron chi connectivity index (χ1n) is 16.5. The Labute approximate surface area is 280 Å². The van der Waals surface area contributed by atoms with Crippen LogP contribution in [0.1, 0.15) is 11.1 Å². The van der Waals surface area contributed by atoms with Gasteiger partial charge in [-0.25, -0.2) is 4.98 Å². The molecule has 8 aromatic carbocycles. The summed E-state index contributed by atoms with van der Waals surface area (Å²) < 4.78 is 0. The zero-order chi connectivity index (χ0) is 32.2. The predicted molar refractivity (Wildman–Crippen MR) is 204 cm³/mol. The Morgan fingerprint density at radius 2 is 0.917 bits per heavy atom. The fourth-order valence-electron chi connectivity index (χ4n) is 7.52. The smallest absolute Gasteiger partial charge is 0.137 e. The van der Waals surface area contributed by atoms with Crippen LogP contribution in [-0.2, 0) is 0 Å². The van der Waals surface area contributed by atoms with E-state index < -0.39 is 0 Å². The molecule has 0 atom stereocenters. The van der Waals surface area contributed by atoms with E-state index in [0.717, 1.165) is 28.6 Å². The van der Waals surface area contributed by atoms with Crippen molar-refractivity contribution in [3.8, 4) is 0 Å². The molecule has 0 radical (unpaired) electrons. The number of nitrogens with zero attached hydrogens (tertiary/aromatic N) is 3. The van der Waals surface area contributed by atoms with Crippen molar-refractivity contribution in [3.63, 3.8) is 0 Å². The normalized spacial score (nSPS) is 11.5. The number of benzene rings is 8. The van der Waals surface area contributed by atoms with Gasteiger partial charge in [0.25, 0.3) is 0 Å². The van der Waals surface area contributed by atoms with E-state index >= 15 is 0 Å². The topological polar surface area (TPSA) is 19.4 Å². The van der Waals surface area contributed by atoms with Gasteiger partial charge in [0, 0.05) is 33.7 Å². The summed E-state index contributed by atoms with van der Waals surface area (Å²) in [4.78, 5) is 9.57. The molecule has 0 spiro atoms. The molecule has 9 rings (SSSR count). The maximum absolute atomic E-state index is 4.83. The van der Waals surface area contributed by atoms with E-state index in [1.165, 1.54) is 59.9 Å². The lowest BCUT2D eigenvalue weighted by Crippen LogP contribution is -2.13. The molecule has 0 aliphatic carbocycles. The SMILES string of the molecule is Cc1cc(N(c2ccccc2)c2ccccn2)c2ccc3c(C)cc(N(c4ccccc4)c4cccc5ccccc45)c4ccc1c2c34. The van der Waals surface area contributed by atoms with Crippen LogP contribution in [0.3, 0.4) is 0 Å². The van der Waals surface area contributed by atoms with Gasteiger partial charge in [0.1, 0.15) is 5.82 Å². The summed E-state index contributed by atoms with van der Waals surface area (Å²) in [6.45, 7) is 4.48. The number of hydrogen-bond donors (Lipinski definition) is 0. The van der Waals surface area contributed by atoms with Gasteiger partial charge in [-0.05, 0) is 107 Å². The molecule has 1 heterocycles. The van der Waals surface area contributed by atoms with Gasteiger partial charge in [-0.15, -0.1) is 0 Å². The average Bonchev–Trinajstić information content (AvgIpc) is 3.14. The Balaban J connectivity index is 1.38. The Kier molecular flexibility index (Phi) is 6.58. The van der Waals surface area contributed by atoms with E-state index in [4.69, 9.17) is 4.98 Å². The van der Waals surface area contributed by atoms with Crippen LogP contribution in [0.4, 0.5) is 34.3 Å². The zero-order valence-electron chi connectivity index (χ0n) is 26.9. The predicted octanol–water partition coefficient (Wildman–Crippen LogP) is 12.7. The molecular formula is C45H33N3. The van der Waals surface area contributed by atoms with Gasteiger partial charge >= 0.3 is 0 Å². The van der Waals surface area contributed by atoms with E-state index in [1.54, 1.807) is 0 Å². The Morgan fingerprint density at radius 3 is 1.54 bits per heavy atom. The van der Waals surface area contributed by atoms with E-state index in [9.17, 15) is 0 Å². The number of hydrogen-bond acceptors (Lipinski definition) is 3. The highest BCUT2D eigenvalue weighted by atomic mass is 15.2. The first-order valence-corrected chi connectivity index (χ1v) is 16.5. The second-order valence-corrected chi connectivity index (χ2v) is 12.5. The second-order valence-electron chi connectivity index (χ2n) is 12.5. The van der Waals surface area contributed by atoms with E-state index in [0.29, 0.717) is 0 Å². The van der Waals surface area contributed by atoms with Gasteiger partial charge in [0.2, 0.25) is 0 Å². The number of aromatic nitrogens is 1. The zero-order valence-corrected chi connectivity index (χ0v) is 26.9. The number of rotatable bonds is 6. The first-order chi connectivity index (χ1) is 23.7. The molecule has 9 aromatic rings. The lowest BCUT2D eigenvalue weighted by molar-refractivity contribution is 1.18. The third kappa shape index (κ3) is 4.39. The second kappa shape index (κ2) is 11.3. The monoisotopic (exact) mass is 615 g/mol. The summed E-state index contributed by atoms with van der Waals surface area (Å²) >= 11 is 0. The van der Waals surface area contributed by atoms with Crippen LogP contribution in [-0.4, -0.2) is 4.98 Å². The largest absolute Gasteiger partial charge is 0.309 e. The summed E-state index contributed by atoms with van der Waals surface area (Å²) in [7, 11) is 0. The van der Waals surface area contributed by atoms with Crippen LogP contribution in [0.15, 0.2) is 164 Å². The molecule has 0 unspecified atom stereocenters. The van der Waals surface area contributed by atoms with Crippen LogP contribution in [0.5, 0.6) is 0 Å². The van der Waals surface area contributed by atoms with Crippen molar-refractivity contribution in [3.05, 3.63) is 175 Å². The highest BCUT2D eigenvalue weighted by molar-refractivity contribution is 6.29. The van der Waals surface area contributed by atoms with Gasteiger partial charge < -0.3 is 4.90 Å². The Morgan fingerprint density at radius 1 is 0.396 bits per heavy atom. The molecule has 0 bridgehead atoms. The minimum atomic E-state index is 0.890. The molecule has 48 heavy (non-hydrogen) atoms. The molecule has 228 valence electrons. The molecule has 0 saturated carbocycles. The molecule has 3 nitrogen and oxygen atoms in total. The molecule has 0 aliphatic heterocycles. The van der Waals surface area contributed by atoms with Crippen molar-refractivity contribution in [1.82, 2.24) is 4.98 Å². The van der Waals surface area contributed by atoms with Crippen LogP contribution in [0.25, 0.3) is 43.1 Å². The van der Waals surface area contributed by atoms with Crippen LogP contribution < -0.4 is 9.80 Å². The molecule has 0 saturated heterocycles. The number of aryl methyl sites for hydroxylation is 2. The maximum Gasteiger partial charge on any atom is 0.137 e. The molecule has 0 N–H and O–H groups in total. The minimum absolute atomic E-state index is 0.890. The summed E-state index contributed by atoms with van der Waals surface area (Å²) in [5.74, 6) is 0.890. The lowest BCUT2D eigenvalue weighted by atomic mass is 9.88. The van der Waals surface area contributed by atoms with Crippen LogP contribution in [0, 0.1) is 13.8 Å². The molecule has 1 aromatic heterocycles. The molecule has 0 fully saturated rings. The third-order valence-corrected chi connectivity index (χ3v) is 9.67. The summed E-state index contributed by atoms with van der Waals surface area (Å²) in [6, 6.07) is 56.7. The lowest BCUT2D eigenvalue weighted by Gasteiger charge is -2.30. The van der Waals surface area contributed by atoms with E-state index in [2.05, 4.69) is 175 Å². The highest BCUT2D eigenvalue weighted by Gasteiger charge is 2.24. The van der Waals surface area contributed by atoms with Crippen molar-refractivity contribution in [2.45, 2.75) is 13.8 Å². The van der Waals surface area contributed by atoms with Gasteiger partial charge in [-0.3, -0.25) is 4.90 Å². The van der Waals surface area contributed by atoms with Crippen molar-refractivity contribution < 1.29 is 0 Å². The van der Waals surface area contributed by atoms with Crippen LogP contribution in [0.2, 0.25) is 0 Å². The number of pyridine rings is 1. The summed E-state index contributed by atoms with van der Waals surface area (Å²) in [6.07, 6.45) is 1.87.